The minimum Gasteiger partial charge on any atom is -0.399 e. The summed E-state index contributed by atoms with van der Waals surface area (Å²) in [7, 11) is 0. The molecule has 0 atom stereocenters. The van der Waals surface area contributed by atoms with Gasteiger partial charge in [0.2, 0.25) is 0 Å². The van der Waals surface area contributed by atoms with Crippen molar-refractivity contribution in [3.05, 3.63) is 54.7 Å². The molecule has 0 fully saturated rings. The summed E-state index contributed by atoms with van der Waals surface area (Å²) in [5, 5.41) is 0. The van der Waals surface area contributed by atoms with Crippen molar-refractivity contribution in [1.29, 1.82) is 0 Å². The molecule has 0 spiro atoms. The van der Waals surface area contributed by atoms with Crippen molar-refractivity contribution in [1.82, 2.24) is 19.5 Å². The minimum atomic E-state index is 0.711. The molecule has 0 amide bonds. The van der Waals surface area contributed by atoms with Gasteiger partial charge in [0.1, 0.15) is 5.82 Å². The molecule has 2 aromatic heterocycles. The van der Waals surface area contributed by atoms with Gasteiger partial charge in [-0.15, -0.1) is 0 Å². The Bertz CT molecular complexity index is 717. The van der Waals surface area contributed by atoms with Crippen LogP contribution in [0.1, 0.15) is 5.69 Å². The number of hydrogen-bond acceptors (Lipinski definition) is 4. The Morgan fingerprint density at radius 3 is 2.68 bits per heavy atom. The number of imidazole rings is 1. The van der Waals surface area contributed by atoms with E-state index in [-0.39, 0.29) is 0 Å². The van der Waals surface area contributed by atoms with Gasteiger partial charge in [-0.25, -0.2) is 9.97 Å². The summed E-state index contributed by atoms with van der Waals surface area (Å²) in [6, 6.07) is 7.63. The lowest BCUT2D eigenvalue weighted by molar-refractivity contribution is 0.948. The van der Waals surface area contributed by atoms with Gasteiger partial charge in [-0.3, -0.25) is 9.55 Å². The third-order valence-electron chi connectivity index (χ3n) is 2.87. The Morgan fingerprint density at radius 1 is 1.05 bits per heavy atom. The molecule has 2 heterocycles. The maximum atomic E-state index is 5.82. The second-order valence-corrected chi connectivity index (χ2v) is 4.21. The summed E-state index contributed by atoms with van der Waals surface area (Å²) >= 11 is 0. The van der Waals surface area contributed by atoms with E-state index in [2.05, 4.69) is 15.0 Å². The topological polar surface area (TPSA) is 69.6 Å². The van der Waals surface area contributed by atoms with Crippen molar-refractivity contribution in [2.75, 3.05) is 5.73 Å². The third-order valence-corrected chi connectivity index (χ3v) is 2.87. The first kappa shape index (κ1) is 11.4. The average Bonchev–Trinajstić information content (AvgIpc) is 2.88. The van der Waals surface area contributed by atoms with Crippen LogP contribution in [0.15, 0.2) is 49.1 Å². The quantitative estimate of drug-likeness (QED) is 0.709. The standard InChI is InChI=1S/C14H13N5/c1-10-13(17-6-5-16-10)19-8-7-18-14(19)11-3-2-4-12(15)9-11/h2-9H,15H2,1H3. The van der Waals surface area contributed by atoms with Crippen LogP contribution in [0.25, 0.3) is 17.2 Å². The van der Waals surface area contributed by atoms with Crippen molar-refractivity contribution >= 4 is 5.69 Å². The summed E-state index contributed by atoms with van der Waals surface area (Å²) in [4.78, 5) is 13.0. The second-order valence-electron chi connectivity index (χ2n) is 4.21. The van der Waals surface area contributed by atoms with Gasteiger partial charge in [0.15, 0.2) is 5.82 Å². The van der Waals surface area contributed by atoms with E-state index in [9.17, 15) is 0 Å². The van der Waals surface area contributed by atoms with E-state index in [1.54, 1.807) is 18.6 Å². The lowest BCUT2D eigenvalue weighted by Crippen LogP contribution is -2.03. The lowest BCUT2D eigenvalue weighted by Gasteiger charge is -2.09. The average molecular weight is 251 g/mol. The van der Waals surface area contributed by atoms with Crippen LogP contribution in [-0.2, 0) is 0 Å². The maximum Gasteiger partial charge on any atom is 0.159 e. The summed E-state index contributed by atoms with van der Waals surface area (Å²) in [6.07, 6.45) is 6.96. The summed E-state index contributed by atoms with van der Waals surface area (Å²) in [5.74, 6) is 1.58. The third kappa shape index (κ3) is 2.06. The van der Waals surface area contributed by atoms with Crippen molar-refractivity contribution in [2.24, 2.45) is 0 Å². The highest BCUT2D eigenvalue weighted by Crippen LogP contribution is 2.22. The van der Waals surface area contributed by atoms with E-state index in [0.29, 0.717) is 5.69 Å². The molecule has 0 aliphatic carbocycles. The Hall–Kier alpha value is -2.69. The number of nitrogen functional groups attached to an aromatic ring is 1. The van der Waals surface area contributed by atoms with Gasteiger partial charge in [0.25, 0.3) is 0 Å². The molecule has 0 saturated carbocycles. The normalized spacial score (nSPS) is 10.6. The van der Waals surface area contributed by atoms with Crippen molar-refractivity contribution in [3.63, 3.8) is 0 Å². The number of hydrogen-bond donors (Lipinski definition) is 1. The second kappa shape index (κ2) is 4.53. The molecule has 5 heteroatoms. The molecule has 94 valence electrons. The number of anilines is 1. The molecule has 0 aliphatic rings. The first-order chi connectivity index (χ1) is 9.25. The molecule has 19 heavy (non-hydrogen) atoms. The van der Waals surface area contributed by atoms with Crippen LogP contribution >= 0.6 is 0 Å². The Labute approximate surface area is 110 Å². The first-order valence-corrected chi connectivity index (χ1v) is 5.93. The van der Waals surface area contributed by atoms with E-state index >= 15 is 0 Å². The van der Waals surface area contributed by atoms with Crippen LogP contribution < -0.4 is 5.73 Å². The van der Waals surface area contributed by atoms with Crippen LogP contribution in [0.4, 0.5) is 5.69 Å². The predicted molar refractivity (Wildman–Crippen MR) is 73.7 cm³/mol. The van der Waals surface area contributed by atoms with Gasteiger partial charge in [-0.2, -0.15) is 0 Å². The summed E-state index contributed by atoms with van der Waals surface area (Å²) in [5.41, 5.74) is 8.34. The highest BCUT2D eigenvalue weighted by molar-refractivity contribution is 5.63. The Kier molecular flexibility index (Phi) is 2.72. The molecule has 0 unspecified atom stereocenters. The molecular weight excluding hydrogens is 238 g/mol. The van der Waals surface area contributed by atoms with Gasteiger partial charge < -0.3 is 5.73 Å². The van der Waals surface area contributed by atoms with E-state index in [4.69, 9.17) is 5.73 Å². The monoisotopic (exact) mass is 251 g/mol. The van der Waals surface area contributed by atoms with E-state index in [1.165, 1.54) is 0 Å². The smallest absolute Gasteiger partial charge is 0.159 e. The SMILES string of the molecule is Cc1nccnc1-n1ccnc1-c1cccc(N)c1. The predicted octanol–water partition coefficient (Wildman–Crippen LogP) is 2.22. The molecule has 3 rings (SSSR count). The minimum absolute atomic E-state index is 0.711. The van der Waals surface area contributed by atoms with E-state index < -0.39 is 0 Å². The zero-order chi connectivity index (χ0) is 13.2. The number of benzene rings is 1. The molecule has 0 saturated heterocycles. The maximum absolute atomic E-state index is 5.82. The lowest BCUT2D eigenvalue weighted by atomic mass is 10.2. The van der Waals surface area contributed by atoms with Crippen LogP contribution in [0.5, 0.6) is 0 Å². The number of rotatable bonds is 2. The number of nitrogens with zero attached hydrogens (tertiary/aromatic N) is 4. The van der Waals surface area contributed by atoms with Gasteiger partial charge >= 0.3 is 0 Å². The van der Waals surface area contributed by atoms with Gasteiger partial charge in [-0.05, 0) is 19.1 Å². The molecule has 2 N–H and O–H groups in total. The zero-order valence-electron chi connectivity index (χ0n) is 10.5. The first-order valence-electron chi connectivity index (χ1n) is 5.93. The molecule has 5 nitrogen and oxygen atoms in total. The van der Waals surface area contributed by atoms with Crippen LogP contribution in [0.3, 0.4) is 0 Å². The van der Waals surface area contributed by atoms with Crippen LogP contribution in [0.2, 0.25) is 0 Å². The Morgan fingerprint density at radius 2 is 1.89 bits per heavy atom. The highest BCUT2D eigenvalue weighted by atomic mass is 15.1. The summed E-state index contributed by atoms with van der Waals surface area (Å²) in [6.45, 7) is 1.92. The molecule has 3 aromatic rings. The van der Waals surface area contributed by atoms with Crippen molar-refractivity contribution in [3.8, 4) is 17.2 Å². The van der Waals surface area contributed by atoms with Crippen LogP contribution in [0, 0.1) is 6.92 Å². The van der Waals surface area contributed by atoms with Crippen molar-refractivity contribution in [2.45, 2.75) is 6.92 Å². The molecule has 0 aliphatic heterocycles. The molecular formula is C14H13N5. The number of nitrogens with two attached hydrogens (primary N) is 1. The molecule has 0 radical (unpaired) electrons. The number of aryl methyl sites for hydroxylation is 1. The van der Waals surface area contributed by atoms with Gasteiger partial charge in [0.05, 0.1) is 5.69 Å². The molecule has 0 bridgehead atoms. The van der Waals surface area contributed by atoms with E-state index in [1.807, 2.05) is 42.0 Å². The van der Waals surface area contributed by atoms with Gasteiger partial charge in [-0.1, -0.05) is 12.1 Å². The van der Waals surface area contributed by atoms with Gasteiger partial charge in [0, 0.05) is 36.0 Å². The van der Waals surface area contributed by atoms with Crippen LogP contribution in [-0.4, -0.2) is 19.5 Å². The highest BCUT2D eigenvalue weighted by Gasteiger charge is 2.10. The summed E-state index contributed by atoms with van der Waals surface area (Å²) < 4.78 is 1.91. The zero-order valence-corrected chi connectivity index (χ0v) is 10.5. The fraction of sp³-hybridized carbons (Fsp3) is 0.0714. The number of aromatic nitrogens is 4. The van der Waals surface area contributed by atoms with Crippen molar-refractivity contribution < 1.29 is 0 Å². The largest absolute Gasteiger partial charge is 0.399 e. The Balaban J connectivity index is 2.16. The fourth-order valence-electron chi connectivity index (χ4n) is 2.00. The fourth-order valence-corrected chi connectivity index (χ4v) is 2.00. The molecule has 1 aromatic carbocycles. The van der Waals surface area contributed by atoms with E-state index in [0.717, 1.165) is 22.9 Å².